The molecule has 16 heavy (non-hydrogen) atoms. The van der Waals surface area contributed by atoms with Gasteiger partial charge in [-0.15, -0.1) is 11.3 Å². The number of thiazole rings is 1. The number of aromatic nitrogens is 1. The van der Waals surface area contributed by atoms with Crippen molar-refractivity contribution in [1.29, 1.82) is 0 Å². The SMILES string of the molecule is Cc1cccc(OCc2nc(C=O)cs2)c1. The monoisotopic (exact) mass is 233 g/mol. The van der Waals surface area contributed by atoms with Crippen LogP contribution < -0.4 is 4.74 Å². The molecule has 0 aliphatic rings. The van der Waals surface area contributed by atoms with Gasteiger partial charge in [-0.1, -0.05) is 12.1 Å². The molecule has 1 heterocycles. The van der Waals surface area contributed by atoms with E-state index in [1.54, 1.807) is 5.38 Å². The maximum Gasteiger partial charge on any atom is 0.169 e. The fourth-order valence-corrected chi connectivity index (χ4v) is 1.95. The number of aryl methyl sites for hydroxylation is 1. The predicted molar refractivity (Wildman–Crippen MR) is 63.0 cm³/mol. The Morgan fingerprint density at radius 3 is 3.06 bits per heavy atom. The van der Waals surface area contributed by atoms with Crippen molar-refractivity contribution < 1.29 is 9.53 Å². The van der Waals surface area contributed by atoms with Gasteiger partial charge >= 0.3 is 0 Å². The normalized spacial score (nSPS) is 10.1. The molecule has 0 saturated heterocycles. The van der Waals surface area contributed by atoms with Crippen molar-refractivity contribution in [3.8, 4) is 5.75 Å². The van der Waals surface area contributed by atoms with Gasteiger partial charge in [0.15, 0.2) is 6.29 Å². The summed E-state index contributed by atoms with van der Waals surface area (Å²) in [5, 5.41) is 2.53. The molecule has 2 aromatic rings. The Morgan fingerprint density at radius 1 is 1.50 bits per heavy atom. The molecule has 3 nitrogen and oxygen atoms in total. The van der Waals surface area contributed by atoms with Crippen LogP contribution in [-0.4, -0.2) is 11.3 Å². The third kappa shape index (κ3) is 2.67. The van der Waals surface area contributed by atoms with Crippen LogP contribution in [0.2, 0.25) is 0 Å². The minimum atomic E-state index is 0.405. The van der Waals surface area contributed by atoms with E-state index in [1.807, 2.05) is 31.2 Å². The first-order valence-corrected chi connectivity index (χ1v) is 5.75. The first-order chi connectivity index (χ1) is 7.78. The van der Waals surface area contributed by atoms with Crippen LogP contribution in [0.15, 0.2) is 29.6 Å². The molecular formula is C12H11NO2S. The first kappa shape index (κ1) is 10.8. The molecule has 0 aliphatic heterocycles. The first-order valence-electron chi connectivity index (χ1n) is 4.87. The molecule has 4 heteroatoms. The Morgan fingerprint density at radius 2 is 2.38 bits per heavy atom. The molecule has 0 saturated carbocycles. The van der Waals surface area contributed by atoms with Gasteiger partial charge in [0.2, 0.25) is 0 Å². The van der Waals surface area contributed by atoms with Crippen LogP contribution in [0.3, 0.4) is 0 Å². The third-order valence-corrected chi connectivity index (χ3v) is 2.88. The Hall–Kier alpha value is -1.68. The highest BCUT2D eigenvalue weighted by Crippen LogP contribution is 2.16. The maximum absolute atomic E-state index is 10.4. The van der Waals surface area contributed by atoms with Crippen LogP contribution in [0.25, 0.3) is 0 Å². The summed E-state index contributed by atoms with van der Waals surface area (Å²) in [6, 6.07) is 7.83. The van der Waals surface area contributed by atoms with E-state index in [2.05, 4.69) is 4.98 Å². The van der Waals surface area contributed by atoms with E-state index in [4.69, 9.17) is 4.74 Å². The summed E-state index contributed by atoms with van der Waals surface area (Å²) in [7, 11) is 0. The van der Waals surface area contributed by atoms with Crippen molar-refractivity contribution in [2.24, 2.45) is 0 Å². The molecule has 0 N–H and O–H groups in total. The van der Waals surface area contributed by atoms with Crippen LogP contribution in [0, 0.1) is 6.92 Å². The van der Waals surface area contributed by atoms with Crippen LogP contribution >= 0.6 is 11.3 Å². The van der Waals surface area contributed by atoms with E-state index in [1.165, 1.54) is 11.3 Å². The number of ether oxygens (including phenoxy) is 1. The van der Waals surface area contributed by atoms with Gasteiger partial charge in [0.1, 0.15) is 23.1 Å². The Labute approximate surface area is 97.7 Å². The van der Waals surface area contributed by atoms with Crippen molar-refractivity contribution >= 4 is 17.6 Å². The van der Waals surface area contributed by atoms with E-state index < -0.39 is 0 Å². The molecular weight excluding hydrogens is 222 g/mol. The second kappa shape index (κ2) is 4.90. The molecule has 0 radical (unpaired) electrons. The standard InChI is InChI=1S/C12H11NO2S/c1-9-3-2-4-11(5-9)15-7-12-13-10(6-14)8-16-12/h2-6,8H,7H2,1H3. The second-order valence-corrected chi connectivity index (χ2v) is 4.33. The van der Waals surface area contributed by atoms with Gasteiger partial charge < -0.3 is 4.74 Å². The molecule has 0 fully saturated rings. The molecule has 1 aromatic heterocycles. The Bertz CT molecular complexity index is 493. The zero-order valence-electron chi connectivity index (χ0n) is 8.84. The number of carbonyl (C=O) groups excluding carboxylic acids is 1. The molecule has 1 aromatic carbocycles. The minimum Gasteiger partial charge on any atom is -0.486 e. The number of rotatable bonds is 4. The second-order valence-electron chi connectivity index (χ2n) is 3.39. The summed E-state index contributed by atoms with van der Waals surface area (Å²) >= 11 is 1.43. The Balaban J connectivity index is 1.99. The summed E-state index contributed by atoms with van der Waals surface area (Å²) in [6.45, 7) is 2.42. The molecule has 0 atom stereocenters. The number of carbonyl (C=O) groups is 1. The zero-order valence-corrected chi connectivity index (χ0v) is 9.66. The molecule has 2 rings (SSSR count). The van der Waals surface area contributed by atoms with E-state index in [0.717, 1.165) is 22.6 Å². The van der Waals surface area contributed by atoms with Gasteiger partial charge in [-0.25, -0.2) is 4.98 Å². The number of benzene rings is 1. The average Bonchev–Trinajstić information content (AvgIpc) is 2.74. The van der Waals surface area contributed by atoms with E-state index in [-0.39, 0.29) is 0 Å². The summed E-state index contributed by atoms with van der Waals surface area (Å²) < 4.78 is 5.56. The minimum absolute atomic E-state index is 0.405. The number of hydrogen-bond donors (Lipinski definition) is 0. The summed E-state index contributed by atoms with van der Waals surface area (Å²) in [5.74, 6) is 0.822. The lowest BCUT2D eigenvalue weighted by atomic mass is 10.2. The van der Waals surface area contributed by atoms with Gasteiger partial charge in [-0.2, -0.15) is 0 Å². The van der Waals surface area contributed by atoms with Gasteiger partial charge in [0.25, 0.3) is 0 Å². The van der Waals surface area contributed by atoms with Crippen LogP contribution in [0.5, 0.6) is 5.75 Å². The van der Waals surface area contributed by atoms with Gasteiger partial charge in [-0.05, 0) is 24.6 Å². The van der Waals surface area contributed by atoms with Crippen LogP contribution in [0.4, 0.5) is 0 Å². The predicted octanol–water partition coefficient (Wildman–Crippen LogP) is 2.84. The summed E-state index contributed by atoms with van der Waals surface area (Å²) in [5.41, 5.74) is 1.62. The van der Waals surface area contributed by atoms with Gasteiger partial charge in [0, 0.05) is 5.38 Å². The molecule has 0 bridgehead atoms. The summed E-state index contributed by atoms with van der Waals surface area (Å²) in [6.07, 6.45) is 0.743. The maximum atomic E-state index is 10.4. The zero-order chi connectivity index (χ0) is 11.4. The van der Waals surface area contributed by atoms with Crippen molar-refractivity contribution in [2.75, 3.05) is 0 Å². The quantitative estimate of drug-likeness (QED) is 0.762. The van der Waals surface area contributed by atoms with Crippen LogP contribution in [0.1, 0.15) is 21.1 Å². The molecule has 0 spiro atoms. The fraction of sp³-hybridized carbons (Fsp3) is 0.167. The third-order valence-electron chi connectivity index (χ3n) is 2.04. The highest BCUT2D eigenvalue weighted by molar-refractivity contribution is 7.09. The van der Waals surface area contributed by atoms with Crippen molar-refractivity contribution in [3.63, 3.8) is 0 Å². The van der Waals surface area contributed by atoms with Crippen molar-refractivity contribution in [1.82, 2.24) is 4.98 Å². The molecule has 82 valence electrons. The molecule has 0 aliphatic carbocycles. The van der Waals surface area contributed by atoms with Crippen molar-refractivity contribution in [3.05, 3.63) is 45.9 Å². The lowest BCUT2D eigenvalue weighted by molar-refractivity contribution is 0.111. The number of nitrogens with zero attached hydrogens (tertiary/aromatic N) is 1. The topological polar surface area (TPSA) is 39.2 Å². The Kier molecular flexibility index (Phi) is 3.31. The lowest BCUT2D eigenvalue weighted by Crippen LogP contribution is -1.95. The molecule has 0 amide bonds. The average molecular weight is 233 g/mol. The smallest absolute Gasteiger partial charge is 0.169 e. The number of aldehydes is 1. The van der Waals surface area contributed by atoms with Crippen LogP contribution in [-0.2, 0) is 6.61 Å². The van der Waals surface area contributed by atoms with E-state index in [0.29, 0.717) is 12.3 Å². The largest absolute Gasteiger partial charge is 0.486 e. The van der Waals surface area contributed by atoms with Gasteiger partial charge in [-0.3, -0.25) is 4.79 Å². The van der Waals surface area contributed by atoms with E-state index in [9.17, 15) is 4.79 Å². The highest BCUT2D eigenvalue weighted by Gasteiger charge is 2.01. The van der Waals surface area contributed by atoms with Crippen molar-refractivity contribution in [2.45, 2.75) is 13.5 Å². The van der Waals surface area contributed by atoms with Gasteiger partial charge in [0.05, 0.1) is 0 Å². The lowest BCUT2D eigenvalue weighted by Gasteiger charge is -2.04. The number of hydrogen-bond acceptors (Lipinski definition) is 4. The highest BCUT2D eigenvalue weighted by atomic mass is 32.1. The fourth-order valence-electron chi connectivity index (χ4n) is 1.30. The molecule has 0 unspecified atom stereocenters. The van der Waals surface area contributed by atoms with E-state index >= 15 is 0 Å². The summed E-state index contributed by atoms with van der Waals surface area (Å²) in [4.78, 5) is 14.5.